The van der Waals surface area contributed by atoms with Crippen LogP contribution in [0.25, 0.3) is 11.4 Å². The lowest BCUT2D eigenvalue weighted by Gasteiger charge is -2.12. The number of anilines is 1. The molecular weight excluding hydrogens is 388 g/mol. The third-order valence-corrected chi connectivity index (χ3v) is 4.50. The van der Waals surface area contributed by atoms with Gasteiger partial charge in [-0.3, -0.25) is 0 Å². The molecule has 0 bridgehead atoms. The first-order valence-corrected chi connectivity index (χ1v) is 9.60. The van der Waals surface area contributed by atoms with Crippen molar-refractivity contribution in [2.45, 2.75) is 27.3 Å². The molecule has 1 aromatic heterocycles. The number of ether oxygens (including phenoxy) is 1. The highest BCUT2D eigenvalue weighted by atomic mass is 32.1. The third kappa shape index (κ3) is 5.17. The predicted octanol–water partition coefficient (Wildman–Crippen LogP) is 4.02. The summed E-state index contributed by atoms with van der Waals surface area (Å²) in [5.41, 5.74) is 4.13. The van der Waals surface area contributed by atoms with Crippen molar-refractivity contribution in [2.75, 3.05) is 11.9 Å². The fourth-order valence-corrected chi connectivity index (χ4v) is 2.86. The second-order valence-electron chi connectivity index (χ2n) is 6.38. The second kappa shape index (κ2) is 9.29. The molecule has 7 nitrogen and oxygen atoms in total. The zero-order valence-corrected chi connectivity index (χ0v) is 17.3. The Morgan fingerprint density at radius 2 is 1.97 bits per heavy atom. The molecule has 0 saturated heterocycles. The number of thiocarbonyl (C=S) groups is 1. The lowest BCUT2D eigenvalue weighted by atomic mass is 10.1. The van der Waals surface area contributed by atoms with Crippen LogP contribution in [-0.2, 0) is 11.3 Å². The number of nitrogens with zero attached hydrogens (tertiary/aromatic N) is 2. The number of carbonyl (C=O) groups is 1. The highest BCUT2D eigenvalue weighted by molar-refractivity contribution is 7.80. The van der Waals surface area contributed by atoms with E-state index in [1.165, 1.54) is 0 Å². The van der Waals surface area contributed by atoms with Gasteiger partial charge in [0.05, 0.1) is 18.7 Å². The number of rotatable bonds is 6. The van der Waals surface area contributed by atoms with Crippen LogP contribution in [0.3, 0.4) is 0 Å². The standard InChI is InChI=1S/C21H22N4O3S/c1-4-27-20(26)15-10-9-14(3)17(11-15)23-21(29)22-12-18-24-19(25-28-18)16-8-6-5-7-13(16)2/h5-11H,4,12H2,1-3H3,(H2,22,23,29). The first-order chi connectivity index (χ1) is 14.0. The van der Waals surface area contributed by atoms with Crippen molar-refractivity contribution in [1.82, 2.24) is 15.5 Å². The second-order valence-corrected chi connectivity index (χ2v) is 6.79. The van der Waals surface area contributed by atoms with Crippen molar-refractivity contribution in [3.63, 3.8) is 0 Å². The van der Waals surface area contributed by atoms with Gasteiger partial charge in [-0.05, 0) is 56.2 Å². The number of aromatic nitrogens is 2. The van der Waals surface area contributed by atoms with Crippen LogP contribution in [0.2, 0.25) is 0 Å². The first-order valence-electron chi connectivity index (χ1n) is 9.19. The van der Waals surface area contributed by atoms with E-state index in [4.69, 9.17) is 21.5 Å². The Kier molecular flexibility index (Phi) is 6.56. The number of hydrogen-bond acceptors (Lipinski definition) is 6. The zero-order chi connectivity index (χ0) is 20.8. The van der Waals surface area contributed by atoms with Gasteiger partial charge in [0.25, 0.3) is 0 Å². The van der Waals surface area contributed by atoms with Gasteiger partial charge >= 0.3 is 5.97 Å². The summed E-state index contributed by atoms with van der Waals surface area (Å²) in [6.07, 6.45) is 0. The molecule has 0 atom stereocenters. The maximum Gasteiger partial charge on any atom is 0.338 e. The number of carbonyl (C=O) groups excluding carboxylic acids is 1. The molecule has 0 unspecified atom stereocenters. The molecule has 2 aromatic carbocycles. The average molecular weight is 410 g/mol. The Bertz CT molecular complexity index is 1030. The zero-order valence-electron chi connectivity index (χ0n) is 16.5. The molecule has 0 radical (unpaired) electrons. The Labute approximate surface area is 174 Å². The largest absolute Gasteiger partial charge is 0.462 e. The normalized spacial score (nSPS) is 10.4. The lowest BCUT2D eigenvalue weighted by molar-refractivity contribution is 0.0526. The number of hydrogen-bond donors (Lipinski definition) is 2. The molecule has 3 aromatic rings. The van der Waals surface area contributed by atoms with Gasteiger partial charge in [0.1, 0.15) is 0 Å². The van der Waals surface area contributed by atoms with Gasteiger partial charge in [-0.15, -0.1) is 0 Å². The Balaban J connectivity index is 1.62. The Hall–Kier alpha value is -3.26. The van der Waals surface area contributed by atoms with Crippen LogP contribution in [0.5, 0.6) is 0 Å². The number of nitrogens with one attached hydrogen (secondary N) is 2. The van der Waals surface area contributed by atoms with Crippen LogP contribution in [0, 0.1) is 13.8 Å². The van der Waals surface area contributed by atoms with E-state index in [2.05, 4.69) is 20.8 Å². The maximum absolute atomic E-state index is 11.9. The summed E-state index contributed by atoms with van der Waals surface area (Å²) in [5.74, 6) is 0.588. The summed E-state index contributed by atoms with van der Waals surface area (Å²) in [4.78, 5) is 16.3. The summed E-state index contributed by atoms with van der Waals surface area (Å²) in [6.45, 7) is 6.29. The van der Waals surface area contributed by atoms with Crippen molar-refractivity contribution in [2.24, 2.45) is 0 Å². The van der Waals surface area contributed by atoms with Crippen LogP contribution < -0.4 is 10.6 Å². The fraction of sp³-hybridized carbons (Fsp3) is 0.238. The molecule has 150 valence electrons. The quantitative estimate of drug-likeness (QED) is 0.465. The van der Waals surface area contributed by atoms with Crippen LogP contribution in [-0.4, -0.2) is 27.8 Å². The topological polar surface area (TPSA) is 89.3 Å². The van der Waals surface area contributed by atoms with Gasteiger partial charge in [0.2, 0.25) is 11.7 Å². The molecule has 1 heterocycles. The SMILES string of the molecule is CCOC(=O)c1ccc(C)c(NC(=S)NCc2nc(-c3ccccc3C)no2)c1. The molecule has 2 N–H and O–H groups in total. The Morgan fingerprint density at radius 1 is 1.17 bits per heavy atom. The van der Waals surface area contributed by atoms with Gasteiger partial charge in [0, 0.05) is 11.3 Å². The summed E-state index contributed by atoms with van der Waals surface area (Å²) >= 11 is 5.35. The molecule has 29 heavy (non-hydrogen) atoms. The van der Waals surface area contributed by atoms with E-state index >= 15 is 0 Å². The molecule has 0 aliphatic heterocycles. The summed E-state index contributed by atoms with van der Waals surface area (Å²) < 4.78 is 10.3. The highest BCUT2D eigenvalue weighted by Crippen LogP contribution is 2.20. The average Bonchev–Trinajstić information content (AvgIpc) is 3.17. The maximum atomic E-state index is 11.9. The van der Waals surface area contributed by atoms with Gasteiger partial charge < -0.3 is 19.9 Å². The monoisotopic (exact) mass is 410 g/mol. The summed E-state index contributed by atoms with van der Waals surface area (Å²) in [6, 6.07) is 13.1. The predicted molar refractivity (Wildman–Crippen MR) is 115 cm³/mol. The molecule has 8 heteroatoms. The van der Waals surface area contributed by atoms with Crippen LogP contribution >= 0.6 is 12.2 Å². The highest BCUT2D eigenvalue weighted by Gasteiger charge is 2.12. The van der Waals surface area contributed by atoms with E-state index in [0.29, 0.717) is 29.0 Å². The molecule has 0 spiro atoms. The molecule has 0 aliphatic rings. The smallest absolute Gasteiger partial charge is 0.338 e. The van der Waals surface area contributed by atoms with Crippen LogP contribution in [0.15, 0.2) is 47.0 Å². The van der Waals surface area contributed by atoms with Crippen LogP contribution in [0.1, 0.15) is 34.3 Å². The lowest BCUT2D eigenvalue weighted by Crippen LogP contribution is -2.28. The molecule has 3 rings (SSSR count). The minimum absolute atomic E-state index is 0.279. The van der Waals surface area contributed by atoms with E-state index in [0.717, 1.165) is 22.4 Å². The molecule has 0 aliphatic carbocycles. The molecule has 0 amide bonds. The van der Waals surface area contributed by atoms with Crippen LogP contribution in [0.4, 0.5) is 5.69 Å². The molecule has 0 fully saturated rings. The molecule has 0 saturated carbocycles. The fourth-order valence-electron chi connectivity index (χ4n) is 2.68. The van der Waals surface area contributed by atoms with Crippen molar-refractivity contribution < 1.29 is 14.1 Å². The van der Waals surface area contributed by atoms with E-state index in [9.17, 15) is 4.79 Å². The van der Waals surface area contributed by atoms with Crippen molar-refractivity contribution in [1.29, 1.82) is 0 Å². The first kappa shape index (κ1) is 20.5. The third-order valence-electron chi connectivity index (χ3n) is 4.25. The van der Waals surface area contributed by atoms with Gasteiger partial charge in [-0.2, -0.15) is 4.98 Å². The van der Waals surface area contributed by atoms with Gasteiger partial charge in [-0.25, -0.2) is 4.79 Å². The van der Waals surface area contributed by atoms with E-state index < -0.39 is 0 Å². The number of benzene rings is 2. The number of aryl methyl sites for hydroxylation is 2. The minimum Gasteiger partial charge on any atom is -0.462 e. The van der Waals surface area contributed by atoms with Gasteiger partial charge in [0.15, 0.2) is 5.11 Å². The Morgan fingerprint density at radius 3 is 2.72 bits per heavy atom. The van der Waals surface area contributed by atoms with E-state index in [1.54, 1.807) is 19.1 Å². The van der Waals surface area contributed by atoms with Crippen molar-refractivity contribution in [3.05, 3.63) is 65.0 Å². The van der Waals surface area contributed by atoms with Crippen molar-refractivity contribution >= 4 is 29.0 Å². The number of esters is 1. The van der Waals surface area contributed by atoms with Crippen molar-refractivity contribution in [3.8, 4) is 11.4 Å². The van der Waals surface area contributed by atoms with E-state index in [-0.39, 0.29) is 12.5 Å². The summed E-state index contributed by atoms with van der Waals surface area (Å²) in [5, 5.41) is 10.5. The summed E-state index contributed by atoms with van der Waals surface area (Å²) in [7, 11) is 0. The van der Waals surface area contributed by atoms with E-state index in [1.807, 2.05) is 44.2 Å². The molecular formula is C21H22N4O3S. The van der Waals surface area contributed by atoms with Gasteiger partial charge in [-0.1, -0.05) is 35.5 Å². The minimum atomic E-state index is -0.371.